The van der Waals surface area contributed by atoms with E-state index in [4.69, 9.17) is 9.47 Å². The van der Waals surface area contributed by atoms with E-state index in [0.29, 0.717) is 19.0 Å². The van der Waals surface area contributed by atoms with E-state index in [9.17, 15) is 5.21 Å². The molecule has 0 bridgehead atoms. The summed E-state index contributed by atoms with van der Waals surface area (Å²) in [5.41, 5.74) is 3.81. The summed E-state index contributed by atoms with van der Waals surface area (Å²) >= 11 is 1.34. The molecular weight excluding hydrogens is 304 g/mol. The van der Waals surface area contributed by atoms with Gasteiger partial charge in [-0.2, -0.15) is 4.37 Å². The van der Waals surface area contributed by atoms with Crippen molar-refractivity contribution in [2.75, 3.05) is 49.1 Å². The lowest BCUT2D eigenvalue weighted by atomic mass is 10.3. The van der Waals surface area contributed by atoms with Crippen molar-refractivity contribution in [2.45, 2.75) is 0 Å². The molecule has 3 N–H and O–H groups in total. The Hall–Kier alpha value is -2.03. The number of hydrogen-bond acceptors (Lipinski definition) is 8. The first kappa shape index (κ1) is 14.9. The molecule has 8 heteroatoms. The summed E-state index contributed by atoms with van der Waals surface area (Å²) in [5, 5.41) is 13.6. The molecule has 0 spiro atoms. The van der Waals surface area contributed by atoms with Crippen molar-refractivity contribution in [1.29, 1.82) is 0 Å². The molecule has 0 atom stereocenters. The van der Waals surface area contributed by atoms with E-state index in [2.05, 4.69) is 20.1 Å². The highest BCUT2D eigenvalue weighted by Gasteiger charge is 2.21. The van der Waals surface area contributed by atoms with Crippen LogP contribution in [0.2, 0.25) is 0 Å². The minimum Gasteiger partial charge on any atom is -0.497 e. The molecule has 1 aliphatic heterocycles. The van der Waals surface area contributed by atoms with Crippen LogP contribution in [-0.4, -0.2) is 43.0 Å². The molecule has 1 saturated heterocycles. The summed E-state index contributed by atoms with van der Waals surface area (Å²) in [7, 11) is 1.63. The Morgan fingerprint density at radius 1 is 1.27 bits per heavy atom. The Morgan fingerprint density at radius 3 is 2.64 bits per heavy atom. The Labute approximate surface area is 132 Å². The molecular formula is C14H18N4O3S. The lowest BCUT2D eigenvalue weighted by Gasteiger charge is -2.28. The molecule has 3 rings (SSSR count). The highest BCUT2D eigenvalue weighted by Crippen LogP contribution is 2.39. The van der Waals surface area contributed by atoms with Gasteiger partial charge in [-0.15, -0.1) is 0 Å². The van der Waals surface area contributed by atoms with E-state index in [-0.39, 0.29) is 0 Å². The van der Waals surface area contributed by atoms with Gasteiger partial charge in [0.25, 0.3) is 0 Å². The van der Waals surface area contributed by atoms with Crippen LogP contribution in [0.5, 0.6) is 5.75 Å². The van der Waals surface area contributed by atoms with Crippen molar-refractivity contribution in [1.82, 2.24) is 4.37 Å². The van der Waals surface area contributed by atoms with Crippen LogP contribution in [-0.2, 0) is 4.74 Å². The van der Waals surface area contributed by atoms with Gasteiger partial charge in [-0.05, 0) is 35.8 Å². The Morgan fingerprint density at radius 2 is 2.00 bits per heavy atom. The molecule has 0 radical (unpaired) electrons. The normalized spacial score (nSPS) is 14.7. The van der Waals surface area contributed by atoms with Crippen molar-refractivity contribution in [2.24, 2.45) is 0 Å². The zero-order valence-electron chi connectivity index (χ0n) is 12.2. The largest absolute Gasteiger partial charge is 0.497 e. The van der Waals surface area contributed by atoms with E-state index >= 15 is 0 Å². The third-order valence-electron chi connectivity index (χ3n) is 3.44. The molecule has 22 heavy (non-hydrogen) atoms. The zero-order valence-corrected chi connectivity index (χ0v) is 13.0. The maximum atomic E-state index is 9.28. The third-order valence-corrected chi connectivity index (χ3v) is 4.35. The molecule has 0 saturated carbocycles. The van der Waals surface area contributed by atoms with Crippen molar-refractivity contribution in [3.63, 3.8) is 0 Å². The summed E-state index contributed by atoms with van der Waals surface area (Å²) in [4.78, 5) is 2.20. The third kappa shape index (κ3) is 3.08. The molecule has 7 nitrogen and oxygen atoms in total. The zero-order chi connectivity index (χ0) is 15.4. The minimum atomic E-state index is 0.419. The quantitative estimate of drug-likeness (QED) is 0.730. The van der Waals surface area contributed by atoms with Crippen LogP contribution >= 0.6 is 11.5 Å². The Kier molecular flexibility index (Phi) is 4.62. The number of nitrogens with one attached hydrogen (secondary N) is 2. The van der Waals surface area contributed by atoms with Crippen LogP contribution < -0.4 is 20.4 Å². The van der Waals surface area contributed by atoms with E-state index < -0.39 is 0 Å². The van der Waals surface area contributed by atoms with Gasteiger partial charge < -0.3 is 19.7 Å². The van der Waals surface area contributed by atoms with Crippen molar-refractivity contribution in [3.8, 4) is 5.75 Å². The van der Waals surface area contributed by atoms with E-state index in [1.165, 1.54) is 11.5 Å². The summed E-state index contributed by atoms with van der Waals surface area (Å²) in [5.74, 6) is 1.21. The maximum absolute atomic E-state index is 9.28. The van der Waals surface area contributed by atoms with Gasteiger partial charge in [0.1, 0.15) is 16.4 Å². The van der Waals surface area contributed by atoms with E-state index in [1.54, 1.807) is 7.11 Å². The number of aromatic nitrogens is 1. The molecule has 1 aromatic heterocycles. The fourth-order valence-corrected chi connectivity index (χ4v) is 3.12. The van der Waals surface area contributed by atoms with Crippen LogP contribution in [0.15, 0.2) is 24.3 Å². The van der Waals surface area contributed by atoms with Crippen molar-refractivity contribution >= 4 is 33.7 Å². The number of methoxy groups -OCH3 is 1. The molecule has 2 heterocycles. The van der Waals surface area contributed by atoms with Crippen LogP contribution in [0.1, 0.15) is 0 Å². The standard InChI is InChI=1S/C14H18N4O3S/c1-20-11-4-2-10(3-5-11)15-12-13(16-19)17-22-14(12)18-6-8-21-9-7-18/h2-5,15,19H,6-9H2,1H3,(H,16,17). The van der Waals surface area contributed by atoms with Crippen molar-refractivity contribution < 1.29 is 14.7 Å². The first-order valence-corrected chi connectivity index (χ1v) is 7.72. The SMILES string of the molecule is COc1ccc(Nc2c(NO)nsc2N2CCOCC2)cc1. The Bertz CT molecular complexity index is 611. The number of hydrogen-bond donors (Lipinski definition) is 3. The van der Waals surface area contributed by atoms with Gasteiger partial charge in [0.2, 0.25) is 0 Å². The molecule has 0 amide bonds. The van der Waals surface area contributed by atoms with Gasteiger partial charge in [0, 0.05) is 18.8 Å². The fourth-order valence-electron chi connectivity index (χ4n) is 2.27. The summed E-state index contributed by atoms with van der Waals surface area (Å²) in [6.07, 6.45) is 0. The van der Waals surface area contributed by atoms with Crippen LogP contribution in [0.4, 0.5) is 22.2 Å². The van der Waals surface area contributed by atoms with Crippen molar-refractivity contribution in [3.05, 3.63) is 24.3 Å². The van der Waals surface area contributed by atoms with E-state index in [0.717, 1.165) is 35.2 Å². The minimum absolute atomic E-state index is 0.419. The first-order chi connectivity index (χ1) is 10.8. The smallest absolute Gasteiger partial charge is 0.189 e. The molecule has 0 aliphatic carbocycles. The summed E-state index contributed by atoms with van der Waals surface area (Å²) in [6, 6.07) is 7.59. The second kappa shape index (κ2) is 6.82. The molecule has 1 aromatic carbocycles. The number of anilines is 4. The number of nitrogens with zero attached hydrogens (tertiary/aromatic N) is 2. The average Bonchev–Trinajstić information content (AvgIpc) is 2.99. The molecule has 1 aliphatic rings. The highest BCUT2D eigenvalue weighted by molar-refractivity contribution is 7.11. The van der Waals surface area contributed by atoms with Gasteiger partial charge >= 0.3 is 0 Å². The second-order valence-electron chi connectivity index (χ2n) is 4.78. The monoisotopic (exact) mass is 322 g/mol. The predicted octanol–water partition coefficient (Wildman–Crippen LogP) is 2.53. The van der Waals surface area contributed by atoms with Crippen LogP contribution in [0.25, 0.3) is 0 Å². The van der Waals surface area contributed by atoms with Crippen LogP contribution in [0, 0.1) is 0 Å². The molecule has 1 fully saturated rings. The lowest BCUT2D eigenvalue weighted by Crippen LogP contribution is -2.36. The van der Waals surface area contributed by atoms with Gasteiger partial charge in [0.05, 0.1) is 20.3 Å². The number of ether oxygens (including phenoxy) is 2. The van der Waals surface area contributed by atoms with Gasteiger partial charge in [0.15, 0.2) is 5.82 Å². The van der Waals surface area contributed by atoms with Gasteiger partial charge in [-0.3, -0.25) is 5.21 Å². The number of rotatable bonds is 5. The number of benzene rings is 1. The van der Waals surface area contributed by atoms with Gasteiger partial charge in [-0.1, -0.05) is 0 Å². The average molecular weight is 322 g/mol. The van der Waals surface area contributed by atoms with Gasteiger partial charge in [-0.25, -0.2) is 5.48 Å². The highest BCUT2D eigenvalue weighted by atomic mass is 32.1. The maximum Gasteiger partial charge on any atom is 0.189 e. The summed E-state index contributed by atoms with van der Waals surface area (Å²) in [6.45, 7) is 3.01. The first-order valence-electron chi connectivity index (χ1n) is 6.95. The summed E-state index contributed by atoms with van der Waals surface area (Å²) < 4.78 is 14.8. The topological polar surface area (TPSA) is 78.9 Å². The molecule has 0 unspecified atom stereocenters. The fraction of sp³-hybridized carbons (Fsp3) is 0.357. The lowest BCUT2D eigenvalue weighted by molar-refractivity contribution is 0.123. The number of morpholine rings is 1. The molecule has 2 aromatic rings. The predicted molar refractivity (Wildman–Crippen MR) is 86.8 cm³/mol. The van der Waals surface area contributed by atoms with E-state index in [1.807, 2.05) is 24.3 Å². The van der Waals surface area contributed by atoms with Crippen LogP contribution in [0.3, 0.4) is 0 Å². The molecule has 118 valence electrons. The second-order valence-corrected chi connectivity index (χ2v) is 5.53. The Balaban J connectivity index is 1.85.